The van der Waals surface area contributed by atoms with Crippen LogP contribution in [0.15, 0.2) is 0 Å². The Morgan fingerprint density at radius 2 is 2.00 bits per heavy atom. The molecule has 0 saturated carbocycles. The lowest BCUT2D eigenvalue weighted by atomic mass is 10.2. The Labute approximate surface area is 71.1 Å². The number of hydrogen-bond donors (Lipinski definition) is 4. The van der Waals surface area contributed by atoms with E-state index in [1.54, 1.807) is 0 Å². The predicted octanol–water partition coefficient (Wildman–Crippen LogP) is -0.490. The van der Waals surface area contributed by atoms with Crippen LogP contribution in [0.5, 0.6) is 0 Å². The Hall–Kier alpha value is 0.0300. The first-order valence-corrected chi connectivity index (χ1v) is 5.18. The van der Waals surface area contributed by atoms with Crippen molar-refractivity contribution in [1.29, 1.82) is 0 Å². The molecule has 1 atom stereocenters. The predicted molar refractivity (Wildman–Crippen MR) is 44.0 cm³/mol. The Balaban J connectivity index is 3.46. The summed E-state index contributed by atoms with van der Waals surface area (Å²) in [5, 5.41) is 0. The second kappa shape index (κ2) is 5.64. The number of nitrogens with two attached hydrogens (primary N) is 2. The van der Waals surface area contributed by atoms with E-state index in [1.807, 2.05) is 0 Å². The molecular weight excluding hydrogens is 183 g/mol. The van der Waals surface area contributed by atoms with E-state index in [0.29, 0.717) is 19.4 Å². The molecule has 6 N–H and O–H groups in total. The van der Waals surface area contributed by atoms with E-state index >= 15 is 0 Å². The summed E-state index contributed by atoms with van der Waals surface area (Å²) in [7, 11) is -4.43. The summed E-state index contributed by atoms with van der Waals surface area (Å²) < 4.78 is 14.4. The van der Waals surface area contributed by atoms with Crippen LogP contribution in [0.4, 0.5) is 0 Å². The first-order chi connectivity index (χ1) is 5.45. The molecule has 1 unspecified atom stereocenters. The molecule has 12 heavy (non-hydrogen) atoms. The number of phosphoric ester groups is 1. The lowest BCUT2D eigenvalue weighted by Crippen LogP contribution is -2.22. The minimum atomic E-state index is -4.43. The van der Waals surface area contributed by atoms with Crippen molar-refractivity contribution in [3.8, 4) is 0 Å². The zero-order chi connectivity index (χ0) is 9.61. The van der Waals surface area contributed by atoms with Gasteiger partial charge >= 0.3 is 7.82 Å². The van der Waals surface area contributed by atoms with Crippen molar-refractivity contribution in [2.45, 2.75) is 25.5 Å². The monoisotopic (exact) mass is 198 g/mol. The number of rotatable bonds is 6. The summed E-state index contributed by atoms with van der Waals surface area (Å²) >= 11 is 0. The van der Waals surface area contributed by atoms with E-state index in [4.69, 9.17) is 21.3 Å². The third kappa shape index (κ3) is 8.13. The van der Waals surface area contributed by atoms with Gasteiger partial charge in [-0.1, -0.05) is 0 Å². The average Bonchev–Trinajstić information content (AvgIpc) is 1.84. The fraction of sp³-hybridized carbons (Fsp3) is 1.00. The first-order valence-electron chi connectivity index (χ1n) is 3.65. The van der Waals surface area contributed by atoms with Crippen LogP contribution < -0.4 is 11.5 Å². The van der Waals surface area contributed by atoms with Gasteiger partial charge in [-0.25, -0.2) is 4.57 Å². The third-order valence-corrected chi connectivity index (χ3v) is 1.76. The lowest BCUT2D eigenvalue weighted by molar-refractivity contribution is 0.129. The van der Waals surface area contributed by atoms with Gasteiger partial charge in [0.05, 0.1) is 0 Å². The summed E-state index contributed by atoms with van der Waals surface area (Å²) in [4.78, 5) is 16.7. The highest BCUT2D eigenvalue weighted by Gasteiger charge is 2.18. The summed E-state index contributed by atoms with van der Waals surface area (Å²) in [5.74, 6) is 0. The average molecular weight is 198 g/mol. The van der Waals surface area contributed by atoms with E-state index in [1.165, 1.54) is 0 Å². The molecule has 0 rings (SSSR count). The molecule has 0 radical (unpaired) electrons. The van der Waals surface area contributed by atoms with E-state index in [-0.39, 0.29) is 0 Å². The zero-order valence-corrected chi connectivity index (χ0v) is 7.61. The van der Waals surface area contributed by atoms with Crippen molar-refractivity contribution in [3.05, 3.63) is 0 Å². The highest BCUT2D eigenvalue weighted by Crippen LogP contribution is 2.37. The van der Waals surface area contributed by atoms with Gasteiger partial charge < -0.3 is 21.3 Å². The maximum absolute atomic E-state index is 10.2. The second-order valence-corrected chi connectivity index (χ2v) is 3.61. The van der Waals surface area contributed by atoms with Crippen molar-refractivity contribution >= 4 is 7.82 Å². The van der Waals surface area contributed by atoms with Gasteiger partial charge in [0.25, 0.3) is 0 Å². The van der Waals surface area contributed by atoms with Gasteiger partial charge in [0.15, 0.2) is 0 Å². The zero-order valence-electron chi connectivity index (χ0n) is 6.72. The first kappa shape index (κ1) is 12.0. The van der Waals surface area contributed by atoms with Gasteiger partial charge in [0.1, 0.15) is 6.23 Å². The quantitative estimate of drug-likeness (QED) is 0.260. The normalized spacial score (nSPS) is 14.7. The number of hydrogen-bond acceptors (Lipinski definition) is 4. The van der Waals surface area contributed by atoms with Gasteiger partial charge in [-0.2, -0.15) is 0 Å². The van der Waals surface area contributed by atoms with E-state index < -0.39 is 14.1 Å². The Kier molecular flexibility index (Phi) is 5.65. The van der Waals surface area contributed by atoms with Crippen LogP contribution in [0.1, 0.15) is 19.3 Å². The van der Waals surface area contributed by atoms with Gasteiger partial charge in [-0.3, -0.25) is 4.52 Å². The fourth-order valence-corrected chi connectivity index (χ4v) is 1.18. The molecule has 0 amide bonds. The summed E-state index contributed by atoms with van der Waals surface area (Å²) in [6, 6.07) is 0. The van der Waals surface area contributed by atoms with Crippen molar-refractivity contribution in [3.63, 3.8) is 0 Å². The molecule has 0 saturated heterocycles. The molecule has 0 aliphatic heterocycles. The smallest absolute Gasteiger partial charge is 0.330 e. The van der Waals surface area contributed by atoms with Gasteiger partial charge in [-0.15, -0.1) is 0 Å². The topological polar surface area (TPSA) is 119 Å². The van der Waals surface area contributed by atoms with E-state index in [9.17, 15) is 4.57 Å². The minimum absolute atomic E-state index is 0.405. The molecule has 0 heterocycles. The van der Waals surface area contributed by atoms with Crippen LogP contribution in [-0.4, -0.2) is 22.6 Å². The molecule has 0 spiro atoms. The van der Waals surface area contributed by atoms with Gasteiger partial charge in [-0.05, 0) is 25.8 Å². The van der Waals surface area contributed by atoms with Crippen LogP contribution in [0, 0.1) is 0 Å². The minimum Gasteiger partial charge on any atom is -0.330 e. The molecule has 0 aromatic heterocycles. The fourth-order valence-electron chi connectivity index (χ4n) is 0.719. The Morgan fingerprint density at radius 3 is 2.42 bits per heavy atom. The largest absolute Gasteiger partial charge is 0.471 e. The van der Waals surface area contributed by atoms with Crippen LogP contribution in [-0.2, 0) is 9.09 Å². The van der Waals surface area contributed by atoms with Crippen LogP contribution >= 0.6 is 7.82 Å². The lowest BCUT2D eigenvalue weighted by Gasteiger charge is -2.12. The Bertz CT molecular complexity index is 160. The molecule has 0 aliphatic rings. The third-order valence-electron chi connectivity index (χ3n) is 1.22. The summed E-state index contributed by atoms with van der Waals surface area (Å²) in [6.45, 7) is 0.544. The number of unbranched alkanes of at least 4 members (excludes halogenated alkanes) is 1. The van der Waals surface area contributed by atoms with Gasteiger partial charge in [0.2, 0.25) is 0 Å². The molecule has 6 nitrogen and oxygen atoms in total. The molecule has 74 valence electrons. The summed E-state index contributed by atoms with van der Waals surface area (Å²) in [5.41, 5.74) is 10.5. The molecule has 0 aromatic rings. The molecule has 0 aromatic carbocycles. The highest BCUT2D eigenvalue weighted by molar-refractivity contribution is 7.46. The summed E-state index contributed by atoms with van der Waals surface area (Å²) in [6.07, 6.45) is 0.982. The van der Waals surface area contributed by atoms with Crippen LogP contribution in [0.2, 0.25) is 0 Å². The second-order valence-electron chi connectivity index (χ2n) is 2.42. The molecule has 0 fully saturated rings. The maximum atomic E-state index is 10.2. The van der Waals surface area contributed by atoms with Crippen molar-refractivity contribution < 1.29 is 18.9 Å². The Morgan fingerprint density at radius 1 is 1.42 bits per heavy atom. The molecular formula is C5H15N2O4P. The molecule has 0 aliphatic carbocycles. The van der Waals surface area contributed by atoms with E-state index in [2.05, 4.69) is 4.52 Å². The standard InChI is InChI=1S/C5H15N2O4P/c6-4-2-1-3-5(7)11-12(8,9)10/h5H,1-4,6-7H2,(H2,8,9,10). The van der Waals surface area contributed by atoms with Crippen molar-refractivity contribution in [2.24, 2.45) is 11.5 Å². The highest BCUT2D eigenvalue weighted by atomic mass is 31.2. The van der Waals surface area contributed by atoms with Crippen molar-refractivity contribution in [2.75, 3.05) is 6.54 Å². The van der Waals surface area contributed by atoms with Crippen LogP contribution in [0.25, 0.3) is 0 Å². The van der Waals surface area contributed by atoms with Crippen molar-refractivity contribution in [1.82, 2.24) is 0 Å². The van der Waals surface area contributed by atoms with Gasteiger partial charge in [0, 0.05) is 0 Å². The number of phosphoric acid groups is 1. The molecule has 0 bridgehead atoms. The van der Waals surface area contributed by atoms with E-state index in [0.717, 1.165) is 6.42 Å². The molecule has 7 heteroatoms. The maximum Gasteiger partial charge on any atom is 0.471 e. The SMILES string of the molecule is NCCCCC(N)OP(=O)(O)O. The van der Waals surface area contributed by atoms with Crippen LogP contribution in [0.3, 0.4) is 0 Å².